The highest BCUT2D eigenvalue weighted by Gasteiger charge is 2.48. The molecular formula is C15H17NO3S. The van der Waals surface area contributed by atoms with Crippen molar-refractivity contribution in [2.75, 3.05) is 0 Å². The van der Waals surface area contributed by atoms with Crippen molar-refractivity contribution in [1.82, 2.24) is 0 Å². The first-order valence-electron chi connectivity index (χ1n) is 6.64. The minimum atomic E-state index is -3.79. The molecule has 0 amide bonds. The average molecular weight is 291 g/mol. The Morgan fingerprint density at radius 3 is 2.50 bits per heavy atom. The van der Waals surface area contributed by atoms with Gasteiger partial charge in [-0.1, -0.05) is 18.2 Å². The van der Waals surface area contributed by atoms with Gasteiger partial charge in [0.25, 0.3) is 0 Å². The largest absolute Gasteiger partial charge is 0.300 e. The van der Waals surface area contributed by atoms with E-state index in [-0.39, 0.29) is 17.1 Å². The van der Waals surface area contributed by atoms with Crippen molar-refractivity contribution in [2.24, 2.45) is 5.92 Å². The zero-order chi connectivity index (χ0) is 14.8. The van der Waals surface area contributed by atoms with Gasteiger partial charge in [0.2, 0.25) is 0 Å². The van der Waals surface area contributed by atoms with Crippen LogP contribution in [0, 0.1) is 17.2 Å². The number of sulfone groups is 1. The van der Waals surface area contributed by atoms with E-state index in [9.17, 15) is 18.5 Å². The predicted octanol–water partition coefficient (Wildman–Crippen LogP) is 2.50. The summed E-state index contributed by atoms with van der Waals surface area (Å²) in [5.74, 6) is -0.384. The molecule has 20 heavy (non-hydrogen) atoms. The van der Waals surface area contributed by atoms with Gasteiger partial charge in [0.1, 0.15) is 5.78 Å². The molecule has 1 saturated carbocycles. The minimum Gasteiger partial charge on any atom is -0.300 e. The summed E-state index contributed by atoms with van der Waals surface area (Å²) in [5.41, 5.74) is 0. The van der Waals surface area contributed by atoms with E-state index >= 15 is 0 Å². The highest BCUT2D eigenvalue weighted by molar-refractivity contribution is 7.93. The van der Waals surface area contributed by atoms with Crippen LogP contribution in [0.1, 0.15) is 32.6 Å². The number of rotatable bonds is 3. The van der Waals surface area contributed by atoms with Crippen LogP contribution in [0.3, 0.4) is 0 Å². The number of carbonyl (C=O) groups is 1. The Labute approximate surface area is 119 Å². The third-order valence-electron chi connectivity index (χ3n) is 4.10. The lowest BCUT2D eigenvalue weighted by Gasteiger charge is -2.33. The van der Waals surface area contributed by atoms with E-state index < -0.39 is 20.5 Å². The fraction of sp³-hybridized carbons (Fsp3) is 0.467. The van der Waals surface area contributed by atoms with Crippen molar-refractivity contribution in [3.63, 3.8) is 0 Å². The summed E-state index contributed by atoms with van der Waals surface area (Å²) < 4.78 is 24.0. The second-order valence-corrected chi connectivity index (χ2v) is 7.69. The van der Waals surface area contributed by atoms with Crippen molar-refractivity contribution in [3.05, 3.63) is 30.3 Å². The van der Waals surface area contributed by atoms with Crippen molar-refractivity contribution >= 4 is 15.6 Å². The summed E-state index contributed by atoms with van der Waals surface area (Å²) in [6, 6.07) is 9.96. The Morgan fingerprint density at radius 2 is 1.95 bits per heavy atom. The van der Waals surface area contributed by atoms with Gasteiger partial charge >= 0.3 is 0 Å². The van der Waals surface area contributed by atoms with Crippen LogP contribution in [-0.2, 0) is 14.6 Å². The molecule has 0 radical (unpaired) electrons. The molecule has 1 aromatic rings. The Balaban J connectivity index is 2.45. The number of ketones is 1. The molecule has 0 aliphatic heterocycles. The van der Waals surface area contributed by atoms with Crippen molar-refractivity contribution in [3.8, 4) is 6.07 Å². The molecule has 1 aliphatic rings. The Kier molecular flexibility index (Phi) is 3.96. The maximum absolute atomic E-state index is 12.8. The van der Waals surface area contributed by atoms with Crippen LogP contribution in [0.4, 0.5) is 0 Å². The molecule has 0 N–H and O–H groups in total. The summed E-state index contributed by atoms with van der Waals surface area (Å²) in [6.07, 6.45) is 1.92. The van der Waals surface area contributed by atoms with E-state index in [1.807, 2.05) is 6.07 Å². The van der Waals surface area contributed by atoms with Gasteiger partial charge in [-0.3, -0.25) is 4.79 Å². The van der Waals surface area contributed by atoms with E-state index in [1.165, 1.54) is 19.1 Å². The lowest BCUT2D eigenvalue weighted by Crippen LogP contribution is -2.43. The van der Waals surface area contributed by atoms with Crippen LogP contribution in [0.5, 0.6) is 0 Å². The predicted molar refractivity (Wildman–Crippen MR) is 74.6 cm³/mol. The number of hydrogen-bond donors (Lipinski definition) is 0. The number of Topliss-reactive ketones (excluding diaryl/α,β-unsaturated/α-hetero) is 1. The monoisotopic (exact) mass is 291 g/mol. The Morgan fingerprint density at radius 1 is 1.30 bits per heavy atom. The third-order valence-corrected chi connectivity index (χ3v) is 6.53. The number of hydrogen-bond acceptors (Lipinski definition) is 4. The smallest absolute Gasteiger partial charge is 0.197 e. The number of carbonyl (C=O) groups excluding carboxylic acids is 1. The molecule has 5 heteroatoms. The highest BCUT2D eigenvalue weighted by atomic mass is 32.2. The first-order valence-corrected chi connectivity index (χ1v) is 8.13. The third kappa shape index (κ3) is 2.36. The van der Waals surface area contributed by atoms with Crippen molar-refractivity contribution in [1.29, 1.82) is 5.26 Å². The number of nitriles is 1. The van der Waals surface area contributed by atoms with E-state index in [2.05, 4.69) is 0 Å². The lowest BCUT2D eigenvalue weighted by molar-refractivity contribution is -0.121. The molecule has 0 saturated heterocycles. The fourth-order valence-corrected chi connectivity index (χ4v) is 4.48. The summed E-state index contributed by atoms with van der Waals surface area (Å²) in [7, 11) is -3.79. The fourth-order valence-electron chi connectivity index (χ4n) is 2.71. The highest BCUT2D eigenvalue weighted by Crippen LogP contribution is 2.39. The van der Waals surface area contributed by atoms with Crippen LogP contribution >= 0.6 is 0 Å². The van der Waals surface area contributed by atoms with E-state index in [0.717, 1.165) is 0 Å². The normalized spacial score (nSPS) is 22.8. The molecule has 0 bridgehead atoms. The van der Waals surface area contributed by atoms with Gasteiger partial charge < -0.3 is 0 Å². The van der Waals surface area contributed by atoms with Gasteiger partial charge in [0.15, 0.2) is 14.6 Å². The molecule has 0 heterocycles. The van der Waals surface area contributed by atoms with Gasteiger partial charge in [0, 0.05) is 12.8 Å². The molecule has 1 aromatic carbocycles. The zero-order valence-electron chi connectivity index (χ0n) is 11.4. The molecule has 2 atom stereocenters. The molecule has 1 aliphatic carbocycles. The summed E-state index contributed by atoms with van der Waals surface area (Å²) >= 11 is 0. The minimum absolute atomic E-state index is 0.0472. The second kappa shape index (κ2) is 5.37. The van der Waals surface area contributed by atoms with Crippen LogP contribution in [0.2, 0.25) is 0 Å². The Hall–Kier alpha value is -1.67. The standard InChI is InChI=1S/C15H17NO3S/c1-15(11-16,12-6-5-7-13(17)10-12)20(18,19)14-8-3-2-4-9-14/h2-4,8-9,12H,5-7,10H2,1H3/t12-,15+/m1/s1. The molecule has 4 nitrogen and oxygen atoms in total. The average Bonchev–Trinajstić information content (AvgIpc) is 2.47. The van der Waals surface area contributed by atoms with E-state index in [0.29, 0.717) is 19.3 Å². The van der Waals surface area contributed by atoms with Crippen LogP contribution in [0.25, 0.3) is 0 Å². The van der Waals surface area contributed by atoms with Crippen LogP contribution in [0.15, 0.2) is 35.2 Å². The first-order chi connectivity index (χ1) is 9.41. The quantitative estimate of drug-likeness (QED) is 0.857. The number of benzene rings is 1. The van der Waals surface area contributed by atoms with Gasteiger partial charge in [0.05, 0.1) is 11.0 Å². The maximum Gasteiger partial charge on any atom is 0.197 e. The summed E-state index contributed by atoms with van der Waals surface area (Å²) in [6.45, 7) is 1.44. The molecule has 106 valence electrons. The van der Waals surface area contributed by atoms with Gasteiger partial charge in [-0.05, 0) is 37.8 Å². The molecule has 1 fully saturated rings. The lowest BCUT2D eigenvalue weighted by atomic mass is 9.80. The van der Waals surface area contributed by atoms with E-state index in [4.69, 9.17) is 0 Å². The Bertz CT molecular complexity index is 645. The molecular weight excluding hydrogens is 274 g/mol. The SMILES string of the molecule is C[C@](C#N)([C@@H]1CCCC(=O)C1)S(=O)(=O)c1ccccc1. The molecule has 0 aromatic heterocycles. The van der Waals surface area contributed by atoms with Crippen LogP contribution < -0.4 is 0 Å². The maximum atomic E-state index is 12.8. The van der Waals surface area contributed by atoms with Gasteiger partial charge in [-0.2, -0.15) is 5.26 Å². The van der Waals surface area contributed by atoms with Gasteiger partial charge in [-0.15, -0.1) is 0 Å². The second-order valence-electron chi connectivity index (χ2n) is 5.37. The summed E-state index contributed by atoms with van der Waals surface area (Å²) in [4.78, 5) is 11.7. The molecule has 0 spiro atoms. The van der Waals surface area contributed by atoms with Gasteiger partial charge in [-0.25, -0.2) is 8.42 Å². The number of nitrogens with zero attached hydrogens (tertiary/aromatic N) is 1. The zero-order valence-corrected chi connectivity index (χ0v) is 12.2. The topological polar surface area (TPSA) is 75.0 Å². The first kappa shape index (κ1) is 14.7. The van der Waals surface area contributed by atoms with Crippen molar-refractivity contribution in [2.45, 2.75) is 42.2 Å². The molecule has 0 unspecified atom stereocenters. The summed E-state index contributed by atoms with van der Waals surface area (Å²) in [5, 5.41) is 9.48. The van der Waals surface area contributed by atoms with E-state index in [1.54, 1.807) is 18.2 Å². The molecule has 2 rings (SSSR count). The van der Waals surface area contributed by atoms with Crippen molar-refractivity contribution < 1.29 is 13.2 Å². The van der Waals surface area contributed by atoms with Crippen LogP contribution in [-0.4, -0.2) is 18.9 Å².